The van der Waals surface area contributed by atoms with Crippen molar-refractivity contribution in [2.75, 3.05) is 12.0 Å². The van der Waals surface area contributed by atoms with Gasteiger partial charge in [0.25, 0.3) is 5.91 Å². The number of furan rings is 1. The molecule has 5 rings (SSSR count). The molecule has 1 unspecified atom stereocenters. The topological polar surface area (TPSA) is 80.0 Å². The Balaban J connectivity index is 1.65. The molecule has 0 saturated heterocycles. The molecule has 1 aliphatic heterocycles. The van der Waals surface area contributed by atoms with E-state index in [2.05, 4.69) is 0 Å². The maximum atomic E-state index is 15.0. The normalized spacial score (nSPS) is 16.0. The number of aliphatic hydroxyl groups excluding tert-OH is 1. The van der Waals surface area contributed by atoms with Gasteiger partial charge in [-0.1, -0.05) is 29.8 Å². The second-order valence-electron chi connectivity index (χ2n) is 8.37. The fraction of sp³-hybridized carbons (Fsp3) is 0.111. The Kier molecular flexibility index (Phi) is 6.15. The zero-order chi connectivity index (χ0) is 27.4. The molecule has 1 N–H and O–H groups in total. The van der Waals surface area contributed by atoms with Gasteiger partial charge in [0.15, 0.2) is 22.9 Å². The van der Waals surface area contributed by atoms with Crippen LogP contribution in [0.5, 0.6) is 5.75 Å². The molecular formula is C27H16ClF4NO5. The number of methoxy groups -OCH3 is 1. The van der Waals surface area contributed by atoms with Crippen LogP contribution in [0.1, 0.15) is 27.7 Å². The van der Waals surface area contributed by atoms with E-state index in [0.29, 0.717) is 10.4 Å². The van der Waals surface area contributed by atoms with E-state index < -0.39 is 46.6 Å². The zero-order valence-electron chi connectivity index (χ0n) is 19.3. The molecule has 1 aliphatic rings. The monoisotopic (exact) mass is 545 g/mol. The molecule has 2 heterocycles. The van der Waals surface area contributed by atoms with Gasteiger partial charge in [0.2, 0.25) is 5.78 Å². The first-order chi connectivity index (χ1) is 18.0. The van der Waals surface area contributed by atoms with E-state index in [9.17, 15) is 32.3 Å². The van der Waals surface area contributed by atoms with E-state index in [4.69, 9.17) is 20.8 Å². The SMILES string of the molecule is COc1cc(Cl)cc2cc(C(=O)C3=C(O)C(=O)N(c4ccc(C(F)(F)F)cc4)C3c3ccccc3F)oc12. The Morgan fingerprint density at radius 2 is 1.76 bits per heavy atom. The summed E-state index contributed by atoms with van der Waals surface area (Å²) in [4.78, 5) is 27.7. The van der Waals surface area contributed by atoms with Crippen molar-refractivity contribution in [3.05, 3.63) is 106 Å². The summed E-state index contributed by atoms with van der Waals surface area (Å²) in [6.45, 7) is 0. The van der Waals surface area contributed by atoms with Gasteiger partial charge in [-0.2, -0.15) is 13.2 Å². The minimum atomic E-state index is -4.63. The largest absolute Gasteiger partial charge is 0.503 e. The fourth-order valence-corrected chi connectivity index (χ4v) is 4.60. The summed E-state index contributed by atoms with van der Waals surface area (Å²) in [6.07, 6.45) is -4.63. The molecule has 0 radical (unpaired) electrons. The number of nitrogens with zero attached hydrogens (tertiary/aromatic N) is 1. The number of ether oxygens (including phenoxy) is 1. The number of carbonyl (C=O) groups excluding carboxylic acids is 2. The summed E-state index contributed by atoms with van der Waals surface area (Å²) in [5.41, 5.74) is -1.57. The number of Topliss-reactive ketones (excluding diaryl/α,β-unsaturated/α-hetero) is 1. The molecule has 1 amide bonds. The van der Waals surface area contributed by atoms with Gasteiger partial charge >= 0.3 is 6.18 Å². The molecule has 6 nitrogen and oxygen atoms in total. The second-order valence-corrected chi connectivity index (χ2v) is 8.81. The predicted octanol–water partition coefficient (Wildman–Crippen LogP) is 7.04. The first-order valence-electron chi connectivity index (χ1n) is 11.0. The molecule has 0 aliphatic carbocycles. The van der Waals surface area contributed by atoms with E-state index in [1.807, 2.05) is 0 Å². The lowest BCUT2D eigenvalue weighted by molar-refractivity contribution is -0.137. The summed E-state index contributed by atoms with van der Waals surface area (Å²) in [5, 5.41) is 11.5. The van der Waals surface area contributed by atoms with Gasteiger partial charge in [0.1, 0.15) is 5.82 Å². The number of ketones is 1. The quantitative estimate of drug-likeness (QED) is 0.215. The van der Waals surface area contributed by atoms with Crippen LogP contribution in [0.15, 0.2) is 82.5 Å². The van der Waals surface area contributed by atoms with Gasteiger partial charge in [-0.15, -0.1) is 0 Å². The molecule has 0 bridgehead atoms. The molecular weight excluding hydrogens is 530 g/mol. The summed E-state index contributed by atoms with van der Waals surface area (Å²) in [5.74, 6) is -3.91. The highest BCUT2D eigenvalue weighted by molar-refractivity contribution is 6.31. The average molecular weight is 546 g/mol. The molecule has 1 atom stereocenters. The third kappa shape index (κ3) is 4.16. The van der Waals surface area contributed by atoms with Gasteiger partial charge in [-0.25, -0.2) is 4.39 Å². The van der Waals surface area contributed by atoms with Crippen molar-refractivity contribution in [2.24, 2.45) is 0 Å². The molecule has 4 aromatic rings. The van der Waals surface area contributed by atoms with Crippen molar-refractivity contribution in [1.29, 1.82) is 0 Å². The molecule has 0 spiro atoms. The van der Waals surface area contributed by atoms with E-state index in [1.165, 1.54) is 43.5 Å². The lowest BCUT2D eigenvalue weighted by atomic mass is 9.94. The minimum absolute atomic E-state index is 0.0938. The van der Waals surface area contributed by atoms with Gasteiger partial charge < -0.3 is 14.3 Å². The Hall–Kier alpha value is -4.31. The molecule has 3 aromatic carbocycles. The molecule has 38 heavy (non-hydrogen) atoms. The van der Waals surface area contributed by atoms with E-state index >= 15 is 0 Å². The molecule has 11 heteroatoms. The van der Waals surface area contributed by atoms with Crippen LogP contribution in [0, 0.1) is 5.82 Å². The van der Waals surface area contributed by atoms with Crippen molar-refractivity contribution in [3.63, 3.8) is 0 Å². The Bertz CT molecular complexity index is 1620. The number of carbonyl (C=O) groups is 2. The van der Waals surface area contributed by atoms with Crippen LogP contribution in [0.2, 0.25) is 5.02 Å². The van der Waals surface area contributed by atoms with Gasteiger partial charge in [0, 0.05) is 27.7 Å². The van der Waals surface area contributed by atoms with Crippen molar-refractivity contribution in [3.8, 4) is 5.75 Å². The van der Waals surface area contributed by atoms with E-state index in [-0.39, 0.29) is 28.3 Å². The number of hydrogen-bond donors (Lipinski definition) is 1. The van der Waals surface area contributed by atoms with Crippen LogP contribution in [0.3, 0.4) is 0 Å². The number of alkyl halides is 3. The number of aliphatic hydroxyl groups is 1. The first kappa shape index (κ1) is 25.3. The third-order valence-corrected chi connectivity index (χ3v) is 6.33. The Morgan fingerprint density at radius 1 is 1.08 bits per heavy atom. The third-order valence-electron chi connectivity index (χ3n) is 6.12. The van der Waals surface area contributed by atoms with Gasteiger partial charge in [0.05, 0.1) is 24.3 Å². The van der Waals surface area contributed by atoms with Crippen molar-refractivity contribution in [2.45, 2.75) is 12.2 Å². The highest BCUT2D eigenvalue weighted by atomic mass is 35.5. The van der Waals surface area contributed by atoms with Crippen molar-refractivity contribution >= 4 is 39.9 Å². The lowest BCUT2D eigenvalue weighted by Crippen LogP contribution is -2.31. The summed E-state index contributed by atoms with van der Waals surface area (Å²) in [6, 6.07) is 11.5. The van der Waals surface area contributed by atoms with Crippen molar-refractivity contribution in [1.82, 2.24) is 0 Å². The van der Waals surface area contributed by atoms with Crippen LogP contribution in [-0.2, 0) is 11.0 Å². The molecule has 1 aromatic heterocycles. The van der Waals surface area contributed by atoms with E-state index in [0.717, 1.165) is 35.2 Å². The highest BCUT2D eigenvalue weighted by Crippen LogP contribution is 2.44. The fourth-order valence-electron chi connectivity index (χ4n) is 4.39. The number of benzene rings is 3. The predicted molar refractivity (Wildman–Crippen MR) is 130 cm³/mol. The van der Waals surface area contributed by atoms with Gasteiger partial charge in [-0.05, 0) is 42.5 Å². The maximum absolute atomic E-state index is 15.0. The summed E-state index contributed by atoms with van der Waals surface area (Å²) in [7, 11) is 1.37. The van der Waals surface area contributed by atoms with Gasteiger partial charge in [-0.3, -0.25) is 14.5 Å². The van der Waals surface area contributed by atoms with Crippen LogP contribution >= 0.6 is 11.6 Å². The number of rotatable bonds is 5. The number of amides is 1. The van der Waals surface area contributed by atoms with Crippen LogP contribution in [0.4, 0.5) is 23.2 Å². The molecule has 0 fully saturated rings. The highest BCUT2D eigenvalue weighted by Gasteiger charge is 2.46. The lowest BCUT2D eigenvalue weighted by Gasteiger charge is -2.27. The number of hydrogen-bond acceptors (Lipinski definition) is 5. The molecule has 194 valence electrons. The second kappa shape index (κ2) is 9.21. The van der Waals surface area contributed by atoms with Crippen LogP contribution in [-0.4, -0.2) is 23.9 Å². The Morgan fingerprint density at radius 3 is 2.39 bits per heavy atom. The average Bonchev–Trinajstić information content (AvgIpc) is 3.42. The van der Waals surface area contributed by atoms with Crippen LogP contribution < -0.4 is 9.64 Å². The first-order valence-corrected chi connectivity index (χ1v) is 11.4. The van der Waals surface area contributed by atoms with E-state index in [1.54, 1.807) is 0 Å². The standard InChI is InChI=1S/C27H16ClF4NO5/c1-37-20-12-15(28)10-13-11-19(38-25(13)20)23(34)21-22(17-4-2-3-5-18(17)29)33(26(36)24(21)35)16-8-6-14(7-9-16)27(30,31)32/h2-12,22,35H,1H3. The maximum Gasteiger partial charge on any atom is 0.416 e. The number of anilines is 1. The Labute approximate surface area is 217 Å². The van der Waals surface area contributed by atoms with Crippen molar-refractivity contribution < 1.29 is 41.4 Å². The smallest absolute Gasteiger partial charge is 0.416 e. The zero-order valence-corrected chi connectivity index (χ0v) is 20.1. The molecule has 0 saturated carbocycles. The minimum Gasteiger partial charge on any atom is -0.503 e. The number of halogens is 5. The summed E-state index contributed by atoms with van der Waals surface area (Å²) >= 11 is 6.09. The van der Waals surface area contributed by atoms with Crippen LogP contribution in [0.25, 0.3) is 11.0 Å². The number of fused-ring (bicyclic) bond motifs is 1. The summed E-state index contributed by atoms with van der Waals surface area (Å²) < 4.78 is 65.2.